The van der Waals surface area contributed by atoms with Gasteiger partial charge in [-0.05, 0) is 29.3 Å². The fourth-order valence-electron chi connectivity index (χ4n) is 3.08. The number of pyridine rings is 1. The van der Waals surface area contributed by atoms with Crippen molar-refractivity contribution in [3.63, 3.8) is 0 Å². The molecular formula is C21H20N4O. The van der Waals surface area contributed by atoms with Crippen molar-refractivity contribution >= 4 is 16.6 Å². The summed E-state index contributed by atoms with van der Waals surface area (Å²) in [6.07, 6.45) is 4.60. The van der Waals surface area contributed by atoms with Crippen LogP contribution in [0.5, 0.6) is 0 Å². The van der Waals surface area contributed by atoms with Gasteiger partial charge in [0.1, 0.15) is 11.9 Å². The molecule has 5 heteroatoms. The minimum atomic E-state index is -0.730. The van der Waals surface area contributed by atoms with Gasteiger partial charge in [-0.15, -0.1) is 0 Å². The van der Waals surface area contributed by atoms with Crippen LogP contribution in [0, 0.1) is 0 Å². The first kappa shape index (κ1) is 16.3. The fourth-order valence-corrected chi connectivity index (χ4v) is 3.08. The van der Waals surface area contributed by atoms with Crippen LogP contribution in [0.3, 0.4) is 0 Å². The van der Waals surface area contributed by atoms with E-state index in [0.717, 1.165) is 27.7 Å². The SMILES string of the molecule is Cn1ccnc1C(O)c1ccc(NCc2cccc3cccnc23)cc1. The van der Waals surface area contributed by atoms with E-state index in [2.05, 4.69) is 33.5 Å². The van der Waals surface area contributed by atoms with Crippen LogP contribution in [0.15, 0.2) is 73.2 Å². The molecular weight excluding hydrogens is 324 g/mol. The van der Waals surface area contributed by atoms with Gasteiger partial charge in [-0.3, -0.25) is 4.98 Å². The van der Waals surface area contributed by atoms with Gasteiger partial charge < -0.3 is 15.0 Å². The molecule has 2 aromatic carbocycles. The molecule has 0 fully saturated rings. The third kappa shape index (κ3) is 3.17. The summed E-state index contributed by atoms with van der Waals surface area (Å²) >= 11 is 0. The van der Waals surface area contributed by atoms with Crippen molar-refractivity contribution in [2.75, 3.05) is 5.32 Å². The molecule has 26 heavy (non-hydrogen) atoms. The van der Waals surface area contributed by atoms with E-state index in [4.69, 9.17) is 0 Å². The van der Waals surface area contributed by atoms with E-state index in [1.165, 1.54) is 0 Å². The average Bonchev–Trinajstić information content (AvgIpc) is 3.12. The number of imidazole rings is 1. The lowest BCUT2D eigenvalue weighted by molar-refractivity contribution is 0.206. The Bertz CT molecular complexity index is 1020. The van der Waals surface area contributed by atoms with Crippen LogP contribution < -0.4 is 5.32 Å². The first-order valence-electron chi connectivity index (χ1n) is 8.54. The third-order valence-corrected chi connectivity index (χ3v) is 4.53. The zero-order chi connectivity index (χ0) is 17.9. The number of aliphatic hydroxyl groups is 1. The first-order valence-corrected chi connectivity index (χ1v) is 8.54. The summed E-state index contributed by atoms with van der Waals surface area (Å²) in [6.45, 7) is 0.690. The molecule has 0 aliphatic carbocycles. The van der Waals surface area contributed by atoms with Crippen molar-refractivity contribution in [1.29, 1.82) is 0 Å². The summed E-state index contributed by atoms with van der Waals surface area (Å²) in [4.78, 5) is 8.69. The van der Waals surface area contributed by atoms with E-state index in [-0.39, 0.29) is 0 Å². The van der Waals surface area contributed by atoms with Gasteiger partial charge in [0.05, 0.1) is 5.52 Å². The molecule has 0 spiro atoms. The normalized spacial score (nSPS) is 12.2. The highest BCUT2D eigenvalue weighted by Crippen LogP contribution is 2.22. The second-order valence-electron chi connectivity index (χ2n) is 6.27. The van der Waals surface area contributed by atoms with Gasteiger partial charge in [-0.1, -0.05) is 36.4 Å². The van der Waals surface area contributed by atoms with Crippen LogP contribution in [-0.2, 0) is 13.6 Å². The molecule has 0 saturated carbocycles. The van der Waals surface area contributed by atoms with E-state index in [1.807, 2.05) is 60.4 Å². The van der Waals surface area contributed by atoms with Crippen LogP contribution in [0.25, 0.3) is 10.9 Å². The van der Waals surface area contributed by atoms with Crippen molar-refractivity contribution in [1.82, 2.24) is 14.5 Å². The van der Waals surface area contributed by atoms with Crippen molar-refractivity contribution in [2.45, 2.75) is 12.6 Å². The highest BCUT2D eigenvalue weighted by Gasteiger charge is 2.14. The lowest BCUT2D eigenvalue weighted by Gasteiger charge is -2.13. The molecule has 4 rings (SSSR count). The Labute approximate surface area is 152 Å². The highest BCUT2D eigenvalue weighted by atomic mass is 16.3. The number of nitrogens with one attached hydrogen (secondary N) is 1. The molecule has 5 nitrogen and oxygen atoms in total. The Balaban J connectivity index is 1.48. The maximum atomic E-state index is 10.5. The van der Waals surface area contributed by atoms with Gasteiger partial charge in [-0.2, -0.15) is 0 Å². The quantitative estimate of drug-likeness (QED) is 0.580. The summed E-state index contributed by atoms with van der Waals surface area (Å²) in [6, 6.07) is 18.0. The standard InChI is InChI=1S/C21H20N4O/c1-25-13-12-23-21(25)20(26)16-7-9-18(10-8-16)24-14-17-5-2-4-15-6-3-11-22-19(15)17/h2-13,20,24,26H,14H2,1H3. The Morgan fingerprint density at radius 3 is 2.58 bits per heavy atom. The van der Waals surface area contributed by atoms with Gasteiger partial charge in [-0.25, -0.2) is 4.98 Å². The molecule has 2 aromatic heterocycles. The molecule has 0 bridgehead atoms. The Morgan fingerprint density at radius 2 is 1.81 bits per heavy atom. The van der Waals surface area contributed by atoms with E-state index >= 15 is 0 Å². The first-order chi connectivity index (χ1) is 12.7. The smallest absolute Gasteiger partial charge is 0.142 e. The Kier molecular flexibility index (Phi) is 4.37. The van der Waals surface area contributed by atoms with Gasteiger partial charge in [0, 0.05) is 43.3 Å². The molecule has 130 valence electrons. The topological polar surface area (TPSA) is 63.0 Å². The molecule has 0 amide bonds. The van der Waals surface area contributed by atoms with E-state index in [1.54, 1.807) is 6.20 Å². The number of benzene rings is 2. The molecule has 4 aromatic rings. The molecule has 1 unspecified atom stereocenters. The second-order valence-corrected chi connectivity index (χ2v) is 6.27. The summed E-state index contributed by atoms with van der Waals surface area (Å²) in [5, 5.41) is 15.0. The van der Waals surface area contributed by atoms with E-state index < -0.39 is 6.10 Å². The van der Waals surface area contributed by atoms with Crippen LogP contribution in [-0.4, -0.2) is 19.6 Å². The molecule has 2 N–H and O–H groups in total. The number of aliphatic hydroxyl groups excluding tert-OH is 1. The average molecular weight is 344 g/mol. The zero-order valence-corrected chi connectivity index (χ0v) is 14.5. The van der Waals surface area contributed by atoms with Crippen molar-refractivity contribution in [3.05, 3.63) is 90.1 Å². The highest BCUT2D eigenvalue weighted by molar-refractivity contribution is 5.81. The number of nitrogens with zero attached hydrogens (tertiary/aromatic N) is 3. The Hall–Kier alpha value is -3.18. The molecule has 0 radical (unpaired) electrons. The lowest BCUT2D eigenvalue weighted by Crippen LogP contribution is -2.07. The fraction of sp³-hybridized carbons (Fsp3) is 0.143. The summed E-state index contributed by atoms with van der Waals surface area (Å²) < 4.78 is 1.82. The third-order valence-electron chi connectivity index (χ3n) is 4.53. The van der Waals surface area contributed by atoms with Crippen molar-refractivity contribution in [2.24, 2.45) is 7.05 Å². The number of aromatic nitrogens is 3. The van der Waals surface area contributed by atoms with Gasteiger partial charge in [0.25, 0.3) is 0 Å². The monoisotopic (exact) mass is 344 g/mol. The van der Waals surface area contributed by atoms with Gasteiger partial charge in [0.15, 0.2) is 0 Å². The van der Waals surface area contributed by atoms with E-state index in [0.29, 0.717) is 12.4 Å². The molecule has 0 aliphatic heterocycles. The number of rotatable bonds is 5. The van der Waals surface area contributed by atoms with Gasteiger partial charge >= 0.3 is 0 Å². The number of aryl methyl sites for hydroxylation is 1. The minimum absolute atomic E-state index is 0.632. The van der Waals surface area contributed by atoms with Crippen molar-refractivity contribution in [3.8, 4) is 0 Å². The minimum Gasteiger partial charge on any atom is -0.381 e. The summed E-state index contributed by atoms with van der Waals surface area (Å²) in [5.74, 6) is 0.632. The molecule has 2 heterocycles. The number of fused-ring (bicyclic) bond motifs is 1. The Morgan fingerprint density at radius 1 is 1.00 bits per heavy atom. The van der Waals surface area contributed by atoms with Crippen LogP contribution in [0.4, 0.5) is 5.69 Å². The number of hydrogen-bond donors (Lipinski definition) is 2. The van der Waals surface area contributed by atoms with Crippen LogP contribution in [0.2, 0.25) is 0 Å². The molecule has 0 aliphatic rings. The largest absolute Gasteiger partial charge is 0.381 e. The summed E-state index contributed by atoms with van der Waals surface area (Å²) in [5.41, 5.74) is 3.98. The number of hydrogen-bond acceptors (Lipinski definition) is 4. The number of anilines is 1. The second kappa shape index (κ2) is 6.98. The molecule has 0 saturated heterocycles. The number of para-hydroxylation sites is 1. The van der Waals surface area contributed by atoms with Crippen LogP contribution >= 0.6 is 0 Å². The van der Waals surface area contributed by atoms with Crippen molar-refractivity contribution < 1.29 is 5.11 Å². The molecule has 1 atom stereocenters. The predicted octanol–water partition coefficient (Wildman–Crippen LogP) is 3.66. The maximum Gasteiger partial charge on any atom is 0.142 e. The summed E-state index contributed by atoms with van der Waals surface area (Å²) in [7, 11) is 1.87. The van der Waals surface area contributed by atoms with Gasteiger partial charge in [0.2, 0.25) is 0 Å². The predicted molar refractivity (Wildman–Crippen MR) is 103 cm³/mol. The lowest BCUT2D eigenvalue weighted by atomic mass is 10.1. The maximum absolute atomic E-state index is 10.5. The zero-order valence-electron chi connectivity index (χ0n) is 14.5. The van der Waals surface area contributed by atoms with Crippen LogP contribution in [0.1, 0.15) is 23.1 Å². The van der Waals surface area contributed by atoms with E-state index in [9.17, 15) is 5.11 Å².